The summed E-state index contributed by atoms with van der Waals surface area (Å²) in [7, 11) is 0. The highest BCUT2D eigenvalue weighted by molar-refractivity contribution is 6.31. The minimum Gasteiger partial charge on any atom is -0.387 e. The van der Waals surface area contributed by atoms with E-state index in [1.165, 1.54) is 0 Å². The van der Waals surface area contributed by atoms with E-state index in [1.807, 2.05) is 32.0 Å². The van der Waals surface area contributed by atoms with Crippen LogP contribution in [0.25, 0.3) is 0 Å². The molecule has 0 radical (unpaired) electrons. The first-order chi connectivity index (χ1) is 8.06. The third-order valence-electron chi connectivity index (χ3n) is 2.99. The van der Waals surface area contributed by atoms with Crippen molar-refractivity contribution in [2.75, 3.05) is 6.54 Å². The molecule has 2 unspecified atom stereocenters. The molecule has 0 amide bonds. The van der Waals surface area contributed by atoms with Crippen molar-refractivity contribution >= 4 is 11.6 Å². The molecule has 0 saturated carbocycles. The zero-order valence-corrected chi connectivity index (χ0v) is 11.6. The van der Waals surface area contributed by atoms with Gasteiger partial charge in [-0.2, -0.15) is 0 Å². The van der Waals surface area contributed by atoms with Gasteiger partial charge in [-0.25, -0.2) is 0 Å². The molecule has 0 saturated heterocycles. The van der Waals surface area contributed by atoms with Crippen molar-refractivity contribution in [2.24, 2.45) is 0 Å². The fraction of sp³-hybridized carbons (Fsp3) is 0.571. The summed E-state index contributed by atoms with van der Waals surface area (Å²) in [5, 5.41) is 14.3. The quantitative estimate of drug-likeness (QED) is 0.763. The first-order valence-electron chi connectivity index (χ1n) is 6.23. The van der Waals surface area contributed by atoms with Crippen molar-refractivity contribution in [3.8, 4) is 0 Å². The van der Waals surface area contributed by atoms with E-state index in [-0.39, 0.29) is 6.04 Å². The van der Waals surface area contributed by atoms with Crippen LogP contribution in [0.1, 0.15) is 43.9 Å². The third-order valence-corrected chi connectivity index (χ3v) is 3.42. The molecular weight excluding hydrogens is 234 g/mol. The predicted octanol–water partition coefficient (Wildman–Crippen LogP) is 3.46. The molecule has 1 rings (SSSR count). The molecule has 96 valence electrons. The third kappa shape index (κ3) is 4.30. The Balaban J connectivity index is 2.61. The summed E-state index contributed by atoms with van der Waals surface area (Å²) >= 11 is 5.97. The van der Waals surface area contributed by atoms with E-state index in [2.05, 4.69) is 12.2 Å². The highest BCUT2D eigenvalue weighted by Gasteiger charge is 2.15. The zero-order chi connectivity index (χ0) is 12.8. The number of aliphatic hydroxyl groups excluding tert-OH is 1. The van der Waals surface area contributed by atoms with Crippen LogP contribution in [-0.2, 0) is 0 Å². The molecule has 1 aromatic rings. The maximum Gasteiger partial charge on any atom is 0.0940 e. The summed E-state index contributed by atoms with van der Waals surface area (Å²) in [6.45, 7) is 7.06. The summed E-state index contributed by atoms with van der Waals surface area (Å²) in [5.74, 6) is 0. The topological polar surface area (TPSA) is 32.3 Å². The number of hydrogen-bond donors (Lipinski definition) is 2. The number of aryl methyl sites for hydroxylation is 1. The van der Waals surface area contributed by atoms with Gasteiger partial charge in [0.1, 0.15) is 0 Å². The van der Waals surface area contributed by atoms with Crippen molar-refractivity contribution in [2.45, 2.75) is 45.8 Å². The van der Waals surface area contributed by atoms with Gasteiger partial charge in [-0.1, -0.05) is 37.1 Å². The second kappa shape index (κ2) is 7.00. The van der Waals surface area contributed by atoms with Crippen molar-refractivity contribution < 1.29 is 5.11 Å². The molecule has 0 aliphatic carbocycles. The number of benzene rings is 1. The highest BCUT2D eigenvalue weighted by atomic mass is 35.5. The number of rotatable bonds is 6. The average molecular weight is 256 g/mol. The van der Waals surface area contributed by atoms with Gasteiger partial charge in [0, 0.05) is 11.1 Å². The van der Waals surface area contributed by atoms with Crippen LogP contribution in [-0.4, -0.2) is 17.7 Å². The van der Waals surface area contributed by atoms with Gasteiger partial charge in [-0.3, -0.25) is 0 Å². The Morgan fingerprint density at radius 2 is 2.12 bits per heavy atom. The zero-order valence-electron chi connectivity index (χ0n) is 10.8. The molecule has 0 bridgehead atoms. The summed E-state index contributed by atoms with van der Waals surface area (Å²) < 4.78 is 0. The molecule has 2 N–H and O–H groups in total. The molecule has 0 aliphatic rings. The highest BCUT2D eigenvalue weighted by Crippen LogP contribution is 2.22. The second-order valence-corrected chi connectivity index (χ2v) is 4.96. The van der Waals surface area contributed by atoms with Gasteiger partial charge in [0.15, 0.2) is 0 Å². The molecule has 0 aromatic heterocycles. The summed E-state index contributed by atoms with van der Waals surface area (Å²) in [6.07, 6.45) is 1.81. The molecular formula is C14H22ClNO. The number of nitrogens with one attached hydrogen (secondary N) is 1. The molecule has 3 heteroatoms. The van der Waals surface area contributed by atoms with Gasteiger partial charge in [0.2, 0.25) is 0 Å². The molecule has 1 aromatic carbocycles. The lowest BCUT2D eigenvalue weighted by Gasteiger charge is -2.21. The largest absolute Gasteiger partial charge is 0.387 e. The van der Waals surface area contributed by atoms with Crippen LogP contribution in [0.5, 0.6) is 0 Å². The Bertz CT molecular complexity index is 354. The molecule has 0 fully saturated rings. The van der Waals surface area contributed by atoms with Crippen molar-refractivity contribution in [1.29, 1.82) is 0 Å². The monoisotopic (exact) mass is 255 g/mol. The van der Waals surface area contributed by atoms with Gasteiger partial charge >= 0.3 is 0 Å². The predicted molar refractivity (Wildman–Crippen MR) is 73.5 cm³/mol. The molecule has 2 nitrogen and oxygen atoms in total. The lowest BCUT2D eigenvalue weighted by Crippen LogP contribution is -2.32. The fourth-order valence-electron chi connectivity index (χ4n) is 1.76. The Kier molecular flexibility index (Phi) is 5.96. The number of halogens is 1. The molecule has 2 atom stereocenters. The van der Waals surface area contributed by atoms with Gasteiger partial charge < -0.3 is 10.4 Å². The first kappa shape index (κ1) is 14.5. The fourth-order valence-corrected chi connectivity index (χ4v) is 1.88. The van der Waals surface area contributed by atoms with E-state index in [1.54, 1.807) is 0 Å². The van der Waals surface area contributed by atoms with Gasteiger partial charge in [-0.15, -0.1) is 0 Å². The second-order valence-electron chi connectivity index (χ2n) is 4.55. The van der Waals surface area contributed by atoms with Crippen molar-refractivity contribution in [3.05, 3.63) is 34.3 Å². The van der Waals surface area contributed by atoms with Crippen molar-refractivity contribution in [3.63, 3.8) is 0 Å². The average Bonchev–Trinajstić information content (AvgIpc) is 2.32. The molecule has 0 aliphatic heterocycles. The SMILES string of the molecule is CCCCNC(C)C(O)c1ccc(Cl)c(C)c1. The lowest BCUT2D eigenvalue weighted by molar-refractivity contribution is 0.136. The Labute approximate surface area is 109 Å². The Morgan fingerprint density at radius 3 is 2.71 bits per heavy atom. The Morgan fingerprint density at radius 1 is 1.41 bits per heavy atom. The number of hydrogen-bond acceptors (Lipinski definition) is 2. The van der Waals surface area contributed by atoms with E-state index >= 15 is 0 Å². The number of unbranched alkanes of at least 4 members (excludes halogenated alkanes) is 1. The van der Waals surface area contributed by atoms with Crippen LogP contribution >= 0.6 is 11.6 Å². The van der Waals surface area contributed by atoms with Gasteiger partial charge in [-0.05, 0) is 44.0 Å². The minimum atomic E-state index is -0.483. The Hall–Kier alpha value is -0.570. The maximum absolute atomic E-state index is 10.2. The van der Waals surface area contributed by atoms with E-state index in [4.69, 9.17) is 11.6 Å². The van der Waals surface area contributed by atoms with Crippen molar-refractivity contribution in [1.82, 2.24) is 5.32 Å². The van der Waals surface area contributed by atoms with E-state index in [0.717, 1.165) is 35.5 Å². The van der Waals surface area contributed by atoms with Crippen LogP contribution in [0.15, 0.2) is 18.2 Å². The normalized spacial score (nSPS) is 14.6. The standard InChI is InChI=1S/C14H22ClNO/c1-4-5-8-16-11(3)14(17)12-6-7-13(15)10(2)9-12/h6-7,9,11,14,16-17H,4-5,8H2,1-3H3. The van der Waals surface area contributed by atoms with E-state index in [9.17, 15) is 5.11 Å². The van der Waals surface area contributed by atoms with Crippen LogP contribution in [0.3, 0.4) is 0 Å². The number of aliphatic hydroxyl groups is 1. The van der Waals surface area contributed by atoms with Crippen LogP contribution in [0.2, 0.25) is 5.02 Å². The molecule has 17 heavy (non-hydrogen) atoms. The first-order valence-corrected chi connectivity index (χ1v) is 6.61. The molecule has 0 spiro atoms. The van der Waals surface area contributed by atoms with Gasteiger partial charge in [0.25, 0.3) is 0 Å². The summed E-state index contributed by atoms with van der Waals surface area (Å²) in [4.78, 5) is 0. The van der Waals surface area contributed by atoms with E-state index < -0.39 is 6.10 Å². The summed E-state index contributed by atoms with van der Waals surface area (Å²) in [6, 6.07) is 5.74. The maximum atomic E-state index is 10.2. The van der Waals surface area contributed by atoms with Crippen LogP contribution in [0, 0.1) is 6.92 Å². The van der Waals surface area contributed by atoms with Crippen LogP contribution < -0.4 is 5.32 Å². The van der Waals surface area contributed by atoms with E-state index in [0.29, 0.717) is 0 Å². The smallest absolute Gasteiger partial charge is 0.0940 e. The van der Waals surface area contributed by atoms with Crippen LogP contribution in [0.4, 0.5) is 0 Å². The minimum absolute atomic E-state index is 0.0575. The molecule has 0 heterocycles. The lowest BCUT2D eigenvalue weighted by atomic mass is 10.0. The summed E-state index contributed by atoms with van der Waals surface area (Å²) in [5.41, 5.74) is 1.92. The van der Waals surface area contributed by atoms with Gasteiger partial charge in [0.05, 0.1) is 6.10 Å².